The van der Waals surface area contributed by atoms with E-state index in [1.54, 1.807) is 6.92 Å². The number of alkyl halides is 1. The lowest BCUT2D eigenvalue weighted by molar-refractivity contribution is -0.117. The molecule has 0 aromatic rings. The van der Waals surface area contributed by atoms with Crippen LogP contribution in [0.25, 0.3) is 0 Å². The summed E-state index contributed by atoms with van der Waals surface area (Å²) in [5.74, 6) is -0.0841. The van der Waals surface area contributed by atoms with Crippen molar-refractivity contribution in [1.29, 1.82) is 0 Å². The zero-order chi connectivity index (χ0) is 5.86. The van der Waals surface area contributed by atoms with E-state index < -0.39 is 6.04 Å². The Morgan fingerprint density at radius 2 is 2.25 bits per heavy atom. The maximum absolute atomic E-state index is 10.3. The van der Waals surface area contributed by atoms with Crippen molar-refractivity contribution >= 4 is 29.8 Å². The van der Waals surface area contributed by atoms with Gasteiger partial charge in [-0.25, -0.2) is 0 Å². The second kappa shape index (κ2) is 5.35. The highest BCUT2D eigenvalue weighted by Crippen LogP contribution is 1.81. The van der Waals surface area contributed by atoms with E-state index in [9.17, 15) is 4.79 Å². The van der Waals surface area contributed by atoms with Gasteiger partial charge in [0.1, 0.15) is 0 Å². The molecule has 0 unspecified atom stereocenters. The quantitative estimate of drug-likeness (QED) is 0.596. The van der Waals surface area contributed by atoms with E-state index in [1.165, 1.54) is 0 Å². The molecule has 0 aliphatic rings. The molecule has 0 aromatic carbocycles. The van der Waals surface area contributed by atoms with E-state index in [4.69, 9.17) is 17.3 Å². The number of carbonyl (C=O) groups is 1. The van der Waals surface area contributed by atoms with Crippen LogP contribution in [0.15, 0.2) is 0 Å². The Morgan fingerprint density at radius 1 is 1.88 bits per heavy atom. The molecule has 4 heteroatoms. The molecule has 8 heavy (non-hydrogen) atoms. The van der Waals surface area contributed by atoms with Crippen molar-refractivity contribution in [2.75, 3.05) is 5.88 Å². The standard InChI is InChI=1S/C4H8ClNO.ClH/c1-3(6)4(7)2-5;/h3H,2,6H2,1H3;1H/t3-;/m1./s1. The minimum absolute atomic E-state index is 0. The van der Waals surface area contributed by atoms with Crippen LogP contribution in [-0.4, -0.2) is 17.7 Å². The Balaban J connectivity index is 0. The fourth-order valence-corrected chi connectivity index (χ4v) is 0.365. The van der Waals surface area contributed by atoms with Gasteiger partial charge in [0, 0.05) is 0 Å². The fraction of sp³-hybridized carbons (Fsp3) is 0.750. The smallest absolute Gasteiger partial charge is 0.163 e. The first-order valence-electron chi connectivity index (χ1n) is 2.02. The highest BCUT2D eigenvalue weighted by molar-refractivity contribution is 6.28. The predicted octanol–water partition coefficient (Wildman–Crippen LogP) is 0.563. The van der Waals surface area contributed by atoms with E-state index in [0.29, 0.717) is 0 Å². The number of carbonyl (C=O) groups excluding carboxylic acids is 1. The van der Waals surface area contributed by atoms with Crippen LogP contribution in [0.3, 0.4) is 0 Å². The zero-order valence-electron chi connectivity index (χ0n) is 4.56. The molecule has 0 aliphatic carbocycles. The molecular weight excluding hydrogens is 149 g/mol. The topological polar surface area (TPSA) is 43.1 Å². The average Bonchev–Trinajstić information content (AvgIpc) is 1.65. The maximum atomic E-state index is 10.3. The molecule has 0 saturated heterocycles. The second-order valence-electron chi connectivity index (χ2n) is 1.39. The highest BCUT2D eigenvalue weighted by atomic mass is 35.5. The molecular formula is C4H9Cl2NO. The molecule has 0 aliphatic heterocycles. The number of nitrogens with two attached hydrogens (primary N) is 1. The first kappa shape index (κ1) is 11.1. The van der Waals surface area contributed by atoms with Gasteiger partial charge >= 0.3 is 0 Å². The lowest BCUT2D eigenvalue weighted by Gasteiger charge is -1.95. The third-order valence-corrected chi connectivity index (χ3v) is 0.903. The van der Waals surface area contributed by atoms with Gasteiger partial charge < -0.3 is 5.73 Å². The van der Waals surface area contributed by atoms with E-state index >= 15 is 0 Å². The first-order chi connectivity index (χ1) is 3.18. The first-order valence-corrected chi connectivity index (χ1v) is 2.56. The van der Waals surface area contributed by atoms with Crippen LogP contribution in [0, 0.1) is 0 Å². The van der Waals surface area contributed by atoms with Crippen molar-refractivity contribution in [2.24, 2.45) is 5.73 Å². The van der Waals surface area contributed by atoms with Gasteiger partial charge in [-0.2, -0.15) is 0 Å². The molecule has 2 N–H and O–H groups in total. The lowest BCUT2D eigenvalue weighted by atomic mass is 10.3. The Labute approximate surface area is 59.8 Å². The van der Waals surface area contributed by atoms with Gasteiger partial charge in [0.15, 0.2) is 5.78 Å². The summed E-state index contributed by atoms with van der Waals surface area (Å²) in [4.78, 5) is 10.3. The Bertz CT molecular complexity index is 74.4. The van der Waals surface area contributed by atoms with Gasteiger partial charge in [-0.05, 0) is 6.92 Å². The van der Waals surface area contributed by atoms with Crippen molar-refractivity contribution in [3.05, 3.63) is 0 Å². The summed E-state index contributed by atoms with van der Waals surface area (Å²) in [5, 5.41) is 0. The van der Waals surface area contributed by atoms with Crippen LogP contribution in [-0.2, 0) is 4.79 Å². The van der Waals surface area contributed by atoms with Crippen molar-refractivity contribution in [2.45, 2.75) is 13.0 Å². The predicted molar refractivity (Wildman–Crippen MR) is 36.6 cm³/mol. The van der Waals surface area contributed by atoms with Crippen LogP contribution in [0.2, 0.25) is 0 Å². The maximum Gasteiger partial charge on any atom is 0.163 e. The van der Waals surface area contributed by atoms with Gasteiger partial charge in [0.2, 0.25) is 0 Å². The minimum atomic E-state index is -0.405. The number of ketones is 1. The lowest BCUT2D eigenvalue weighted by Crippen LogP contribution is -2.27. The summed E-state index contributed by atoms with van der Waals surface area (Å²) in [6.45, 7) is 1.62. The van der Waals surface area contributed by atoms with Gasteiger partial charge in [-0.1, -0.05) is 0 Å². The van der Waals surface area contributed by atoms with Crippen molar-refractivity contribution in [1.82, 2.24) is 0 Å². The average molecular weight is 158 g/mol. The van der Waals surface area contributed by atoms with E-state index in [0.717, 1.165) is 0 Å². The number of halogens is 2. The summed E-state index contributed by atoms with van der Waals surface area (Å²) in [7, 11) is 0. The van der Waals surface area contributed by atoms with Crippen LogP contribution in [0.4, 0.5) is 0 Å². The summed E-state index contributed by atoms with van der Waals surface area (Å²) in [6, 6.07) is -0.405. The number of Topliss-reactive ketones (excluding diaryl/α,β-unsaturated/α-hetero) is 1. The Morgan fingerprint density at radius 3 is 2.25 bits per heavy atom. The molecule has 0 bridgehead atoms. The largest absolute Gasteiger partial charge is 0.322 e. The third kappa shape index (κ3) is 4.37. The summed E-state index contributed by atoms with van der Waals surface area (Å²) < 4.78 is 0. The van der Waals surface area contributed by atoms with Crippen molar-refractivity contribution in [3.8, 4) is 0 Å². The fourth-order valence-electron chi connectivity index (χ4n) is 0.122. The molecule has 0 aromatic heterocycles. The summed E-state index contributed by atoms with van der Waals surface area (Å²) >= 11 is 5.12. The molecule has 0 rings (SSSR count). The molecule has 0 radical (unpaired) electrons. The van der Waals surface area contributed by atoms with Crippen molar-refractivity contribution in [3.63, 3.8) is 0 Å². The molecule has 2 nitrogen and oxygen atoms in total. The van der Waals surface area contributed by atoms with E-state index in [2.05, 4.69) is 0 Å². The molecule has 0 amide bonds. The Hall–Kier alpha value is 0.210. The van der Waals surface area contributed by atoms with Crippen molar-refractivity contribution < 1.29 is 4.79 Å². The van der Waals surface area contributed by atoms with Gasteiger partial charge in [-0.3, -0.25) is 4.79 Å². The number of hydrogen-bond donors (Lipinski definition) is 1. The van der Waals surface area contributed by atoms with Gasteiger partial charge in [-0.15, -0.1) is 24.0 Å². The molecule has 0 heterocycles. The number of hydrogen-bond acceptors (Lipinski definition) is 2. The second-order valence-corrected chi connectivity index (χ2v) is 1.66. The van der Waals surface area contributed by atoms with Gasteiger partial charge in [0.25, 0.3) is 0 Å². The molecule has 0 saturated carbocycles. The third-order valence-electron chi connectivity index (χ3n) is 0.640. The van der Waals surface area contributed by atoms with Gasteiger partial charge in [0.05, 0.1) is 11.9 Å². The molecule has 0 fully saturated rings. The molecule has 50 valence electrons. The van der Waals surface area contributed by atoms with Crippen LogP contribution < -0.4 is 5.73 Å². The normalized spacial score (nSPS) is 11.9. The summed E-state index contributed by atoms with van der Waals surface area (Å²) in [6.07, 6.45) is 0. The highest BCUT2D eigenvalue weighted by Gasteiger charge is 2.02. The van der Waals surface area contributed by atoms with E-state index in [1.807, 2.05) is 0 Å². The Kier molecular flexibility index (Phi) is 7.40. The number of rotatable bonds is 2. The van der Waals surface area contributed by atoms with E-state index in [-0.39, 0.29) is 24.1 Å². The van der Waals surface area contributed by atoms with Crippen LogP contribution >= 0.6 is 24.0 Å². The monoisotopic (exact) mass is 157 g/mol. The minimum Gasteiger partial charge on any atom is -0.322 e. The van der Waals surface area contributed by atoms with Crippen LogP contribution in [0.1, 0.15) is 6.92 Å². The zero-order valence-corrected chi connectivity index (χ0v) is 6.13. The van der Waals surface area contributed by atoms with Crippen LogP contribution in [0.5, 0.6) is 0 Å². The SMILES string of the molecule is C[C@@H](N)C(=O)CCl.Cl. The summed E-state index contributed by atoms with van der Waals surface area (Å²) in [5.41, 5.74) is 5.11. The molecule has 0 spiro atoms. The molecule has 1 atom stereocenters.